The number of aryl methyl sites for hydroxylation is 1. The number of nitriles is 1. The Morgan fingerprint density at radius 2 is 2.19 bits per heavy atom. The number of rotatable bonds is 9. The molecule has 21 heavy (non-hydrogen) atoms. The monoisotopic (exact) mass is 288 g/mol. The molecule has 0 heterocycles. The summed E-state index contributed by atoms with van der Waals surface area (Å²) in [7, 11) is 1.70. The average molecular weight is 288 g/mol. The van der Waals surface area contributed by atoms with Crippen molar-refractivity contribution in [3.05, 3.63) is 29.3 Å². The number of nitrogens with zero attached hydrogens (tertiary/aromatic N) is 1. The zero-order valence-electron chi connectivity index (χ0n) is 12.9. The molecule has 4 heteroatoms. The molecule has 0 amide bonds. The minimum Gasteiger partial charge on any atom is -0.493 e. The summed E-state index contributed by atoms with van der Waals surface area (Å²) in [6, 6.07) is 8.52. The van der Waals surface area contributed by atoms with Crippen LogP contribution in [0.5, 0.6) is 5.75 Å². The molecule has 1 aliphatic carbocycles. The minimum atomic E-state index is 0.111. The summed E-state index contributed by atoms with van der Waals surface area (Å²) in [6.45, 7) is 5.02. The second-order valence-corrected chi connectivity index (χ2v) is 5.90. The normalized spacial score (nSPS) is 15.5. The lowest BCUT2D eigenvalue weighted by Gasteiger charge is -2.16. The van der Waals surface area contributed by atoms with Crippen LogP contribution >= 0.6 is 0 Å². The molecular weight excluding hydrogens is 264 g/mol. The van der Waals surface area contributed by atoms with Gasteiger partial charge in [-0.3, -0.25) is 0 Å². The van der Waals surface area contributed by atoms with E-state index in [1.165, 1.54) is 11.1 Å². The van der Waals surface area contributed by atoms with Crippen LogP contribution in [0.2, 0.25) is 0 Å². The van der Waals surface area contributed by atoms with Gasteiger partial charge in [-0.1, -0.05) is 17.7 Å². The van der Waals surface area contributed by atoms with Gasteiger partial charge in [0, 0.05) is 37.6 Å². The molecule has 1 fully saturated rings. The quantitative estimate of drug-likeness (QED) is 0.710. The molecule has 0 unspecified atom stereocenters. The smallest absolute Gasteiger partial charge is 0.123 e. The van der Waals surface area contributed by atoms with E-state index in [0.717, 1.165) is 31.7 Å². The van der Waals surface area contributed by atoms with Crippen molar-refractivity contribution in [1.29, 1.82) is 5.26 Å². The van der Waals surface area contributed by atoms with E-state index in [-0.39, 0.29) is 5.41 Å². The summed E-state index contributed by atoms with van der Waals surface area (Å²) in [6.07, 6.45) is 2.81. The fourth-order valence-corrected chi connectivity index (χ4v) is 2.33. The van der Waals surface area contributed by atoms with Gasteiger partial charge in [-0.25, -0.2) is 0 Å². The van der Waals surface area contributed by atoms with Crippen LogP contribution in [0, 0.1) is 23.7 Å². The highest BCUT2D eigenvalue weighted by Crippen LogP contribution is 2.48. The van der Waals surface area contributed by atoms with E-state index in [0.29, 0.717) is 19.6 Å². The van der Waals surface area contributed by atoms with Crippen LogP contribution in [0.1, 0.15) is 30.4 Å². The Labute approximate surface area is 127 Å². The largest absolute Gasteiger partial charge is 0.493 e. The number of benzene rings is 1. The maximum absolute atomic E-state index is 8.87. The van der Waals surface area contributed by atoms with E-state index in [9.17, 15) is 0 Å². The fraction of sp³-hybridized carbons (Fsp3) is 0.588. The average Bonchev–Trinajstić information content (AvgIpc) is 3.23. The number of hydrogen-bond donors (Lipinski definition) is 1. The van der Waals surface area contributed by atoms with Gasteiger partial charge in [-0.2, -0.15) is 5.26 Å². The maximum atomic E-state index is 8.87. The van der Waals surface area contributed by atoms with Gasteiger partial charge < -0.3 is 14.8 Å². The van der Waals surface area contributed by atoms with Crippen LogP contribution in [0.4, 0.5) is 0 Å². The topological polar surface area (TPSA) is 54.3 Å². The van der Waals surface area contributed by atoms with Crippen molar-refractivity contribution in [1.82, 2.24) is 5.32 Å². The Morgan fingerprint density at radius 1 is 1.38 bits per heavy atom. The van der Waals surface area contributed by atoms with E-state index in [1.54, 1.807) is 7.11 Å². The molecule has 1 aliphatic rings. The van der Waals surface area contributed by atoms with E-state index >= 15 is 0 Å². The van der Waals surface area contributed by atoms with Gasteiger partial charge in [0.1, 0.15) is 5.75 Å². The summed E-state index contributed by atoms with van der Waals surface area (Å²) in [4.78, 5) is 0. The van der Waals surface area contributed by atoms with Crippen LogP contribution in [0.25, 0.3) is 0 Å². The summed E-state index contributed by atoms with van der Waals surface area (Å²) in [5.41, 5.74) is 2.50. The van der Waals surface area contributed by atoms with Crippen LogP contribution < -0.4 is 10.1 Å². The number of methoxy groups -OCH3 is 1. The molecule has 2 rings (SSSR count). The first-order chi connectivity index (χ1) is 10.2. The third kappa shape index (κ3) is 4.73. The highest BCUT2D eigenvalue weighted by atomic mass is 16.5. The molecule has 1 aromatic rings. The molecule has 4 nitrogen and oxygen atoms in total. The lowest BCUT2D eigenvalue weighted by molar-refractivity contribution is 0.198. The molecule has 0 bridgehead atoms. The molecule has 0 aromatic heterocycles. The van der Waals surface area contributed by atoms with Crippen molar-refractivity contribution in [3.63, 3.8) is 0 Å². The van der Waals surface area contributed by atoms with Crippen molar-refractivity contribution in [2.75, 3.05) is 26.9 Å². The number of ether oxygens (including phenoxy) is 2. The second-order valence-electron chi connectivity index (χ2n) is 5.90. The highest BCUT2D eigenvalue weighted by Gasteiger charge is 2.43. The lowest BCUT2D eigenvalue weighted by Crippen LogP contribution is -2.20. The standard InChI is InChI=1S/C17H24N2O2/c1-14-3-4-16(15(11-14)12-19-9-10-20-2)21-13-17(5-6-17)7-8-18/h3-4,11,19H,5-7,9-10,12-13H2,1-2H3. The van der Waals surface area contributed by atoms with Crippen molar-refractivity contribution in [3.8, 4) is 11.8 Å². The van der Waals surface area contributed by atoms with Crippen molar-refractivity contribution in [2.45, 2.75) is 32.7 Å². The van der Waals surface area contributed by atoms with Crippen molar-refractivity contribution in [2.24, 2.45) is 5.41 Å². The van der Waals surface area contributed by atoms with Crippen LogP contribution in [0.3, 0.4) is 0 Å². The van der Waals surface area contributed by atoms with Gasteiger partial charge in [0.25, 0.3) is 0 Å². The maximum Gasteiger partial charge on any atom is 0.123 e. The summed E-state index contributed by atoms with van der Waals surface area (Å²) < 4.78 is 11.0. The molecule has 1 N–H and O–H groups in total. The van der Waals surface area contributed by atoms with E-state index in [1.807, 2.05) is 6.07 Å². The molecule has 0 saturated heterocycles. The zero-order valence-corrected chi connectivity index (χ0v) is 12.9. The SMILES string of the molecule is COCCNCc1cc(C)ccc1OCC1(CC#N)CC1. The van der Waals surface area contributed by atoms with Crippen LogP contribution in [-0.2, 0) is 11.3 Å². The van der Waals surface area contributed by atoms with Crippen molar-refractivity contribution >= 4 is 0 Å². The molecule has 0 spiro atoms. The van der Waals surface area contributed by atoms with Gasteiger partial charge in [-0.05, 0) is 25.8 Å². The third-order valence-corrected chi connectivity index (χ3v) is 3.96. The molecule has 0 atom stereocenters. The Kier molecular flexibility index (Phi) is 5.60. The lowest BCUT2D eigenvalue weighted by atomic mass is 10.1. The Morgan fingerprint density at radius 3 is 2.86 bits per heavy atom. The van der Waals surface area contributed by atoms with E-state index < -0.39 is 0 Å². The van der Waals surface area contributed by atoms with Crippen LogP contribution in [0.15, 0.2) is 18.2 Å². The molecular formula is C17H24N2O2. The van der Waals surface area contributed by atoms with E-state index in [2.05, 4.69) is 30.4 Å². The summed E-state index contributed by atoms with van der Waals surface area (Å²) in [5.74, 6) is 0.926. The first kappa shape index (κ1) is 15.8. The van der Waals surface area contributed by atoms with Gasteiger partial charge in [0.15, 0.2) is 0 Å². The fourth-order valence-electron chi connectivity index (χ4n) is 2.33. The van der Waals surface area contributed by atoms with Gasteiger partial charge in [-0.15, -0.1) is 0 Å². The Hall–Kier alpha value is -1.57. The van der Waals surface area contributed by atoms with Gasteiger partial charge >= 0.3 is 0 Å². The number of hydrogen-bond acceptors (Lipinski definition) is 4. The predicted octanol–water partition coefficient (Wildman–Crippen LogP) is 2.80. The first-order valence-electron chi connectivity index (χ1n) is 7.48. The molecule has 114 valence electrons. The van der Waals surface area contributed by atoms with E-state index in [4.69, 9.17) is 14.7 Å². The predicted molar refractivity (Wildman–Crippen MR) is 82.2 cm³/mol. The summed E-state index contributed by atoms with van der Waals surface area (Å²) >= 11 is 0. The molecule has 0 aliphatic heterocycles. The minimum absolute atomic E-state index is 0.111. The van der Waals surface area contributed by atoms with Gasteiger partial charge in [0.2, 0.25) is 0 Å². The van der Waals surface area contributed by atoms with Gasteiger partial charge in [0.05, 0.1) is 19.3 Å². The molecule has 1 saturated carbocycles. The summed E-state index contributed by atoms with van der Waals surface area (Å²) in [5, 5.41) is 12.2. The highest BCUT2D eigenvalue weighted by molar-refractivity contribution is 5.37. The Bertz CT molecular complexity index is 504. The second kappa shape index (κ2) is 7.44. The number of nitrogens with one attached hydrogen (secondary N) is 1. The Balaban J connectivity index is 1.93. The first-order valence-corrected chi connectivity index (χ1v) is 7.48. The van der Waals surface area contributed by atoms with Crippen molar-refractivity contribution < 1.29 is 9.47 Å². The van der Waals surface area contributed by atoms with Crippen LogP contribution in [-0.4, -0.2) is 26.9 Å². The third-order valence-electron chi connectivity index (χ3n) is 3.96. The molecule has 0 radical (unpaired) electrons. The molecule has 1 aromatic carbocycles. The zero-order chi connectivity index (χ0) is 15.1.